The molecule has 0 aliphatic heterocycles. The number of rotatable bonds is 5. The van der Waals surface area contributed by atoms with Gasteiger partial charge in [0.2, 0.25) is 0 Å². The molecule has 1 amide bonds. The highest BCUT2D eigenvalue weighted by Gasteiger charge is 2.17. The number of amides is 1. The topological polar surface area (TPSA) is 77.0 Å². The van der Waals surface area contributed by atoms with E-state index in [4.69, 9.17) is 4.74 Å². The number of hydrogen-bond acceptors (Lipinski definition) is 6. The van der Waals surface area contributed by atoms with Gasteiger partial charge in [0.05, 0.1) is 5.69 Å². The fraction of sp³-hybridized carbons (Fsp3) is 0.0476. The fourth-order valence-electron chi connectivity index (χ4n) is 2.57. The van der Waals surface area contributed by atoms with Crippen molar-refractivity contribution in [3.05, 3.63) is 83.4 Å². The molecular weight excluding hydrogens is 391 g/mol. The Hall–Kier alpha value is -3.65. The van der Waals surface area contributed by atoms with Gasteiger partial charge >= 0.3 is 0 Å². The Morgan fingerprint density at radius 3 is 2.52 bits per heavy atom. The molecule has 0 saturated heterocycles. The number of halogens is 1. The zero-order valence-corrected chi connectivity index (χ0v) is 16.1. The van der Waals surface area contributed by atoms with E-state index < -0.39 is 0 Å². The molecule has 1 N–H and O–H groups in total. The number of anilines is 1. The maximum atomic E-state index is 13.2. The Morgan fingerprint density at radius 2 is 1.79 bits per heavy atom. The van der Waals surface area contributed by atoms with Crippen molar-refractivity contribution < 1.29 is 13.9 Å². The largest absolute Gasteiger partial charge is 0.457 e. The van der Waals surface area contributed by atoms with Crippen molar-refractivity contribution in [1.82, 2.24) is 15.0 Å². The lowest BCUT2D eigenvalue weighted by Crippen LogP contribution is -2.11. The third-order valence-corrected chi connectivity index (χ3v) is 5.06. The molecule has 0 radical (unpaired) electrons. The summed E-state index contributed by atoms with van der Waals surface area (Å²) < 4.78 is 18.8. The summed E-state index contributed by atoms with van der Waals surface area (Å²) in [6.07, 6.45) is 3.26. The molecule has 8 heteroatoms. The highest BCUT2D eigenvalue weighted by Crippen LogP contribution is 2.27. The highest BCUT2D eigenvalue weighted by atomic mass is 32.1. The van der Waals surface area contributed by atoms with E-state index in [1.54, 1.807) is 61.8 Å². The molecule has 29 heavy (non-hydrogen) atoms. The molecule has 0 fully saturated rings. The molecule has 0 unspecified atom stereocenters. The lowest BCUT2D eigenvalue weighted by Gasteiger charge is -2.08. The second-order valence-electron chi connectivity index (χ2n) is 6.04. The summed E-state index contributed by atoms with van der Waals surface area (Å²) in [5.74, 6) is 0.787. The molecular formula is C21H15FN4O2S. The first-order valence-electron chi connectivity index (χ1n) is 8.68. The monoisotopic (exact) mass is 406 g/mol. The van der Waals surface area contributed by atoms with Crippen LogP contribution in [0.2, 0.25) is 0 Å². The van der Waals surface area contributed by atoms with Gasteiger partial charge in [0.25, 0.3) is 5.91 Å². The lowest BCUT2D eigenvalue weighted by atomic mass is 10.3. The van der Waals surface area contributed by atoms with Crippen molar-refractivity contribution in [1.29, 1.82) is 0 Å². The van der Waals surface area contributed by atoms with Gasteiger partial charge in [-0.25, -0.2) is 19.3 Å². The van der Waals surface area contributed by atoms with Crippen molar-refractivity contribution in [2.24, 2.45) is 0 Å². The molecule has 144 valence electrons. The van der Waals surface area contributed by atoms with Crippen LogP contribution in [0.15, 0.2) is 67.0 Å². The third kappa shape index (κ3) is 4.44. The molecule has 2 aromatic carbocycles. The predicted molar refractivity (Wildman–Crippen MR) is 109 cm³/mol. The molecule has 0 atom stereocenters. The van der Waals surface area contributed by atoms with Crippen molar-refractivity contribution in [3.8, 4) is 22.3 Å². The zero-order chi connectivity index (χ0) is 20.2. The summed E-state index contributed by atoms with van der Waals surface area (Å²) in [4.78, 5) is 25.9. The number of benzene rings is 2. The van der Waals surface area contributed by atoms with Gasteiger partial charge in [0.1, 0.15) is 22.2 Å². The number of aryl methyl sites for hydroxylation is 1. The highest BCUT2D eigenvalue weighted by molar-refractivity contribution is 7.17. The van der Waals surface area contributed by atoms with Gasteiger partial charge in [-0.05, 0) is 49.4 Å². The van der Waals surface area contributed by atoms with Crippen LogP contribution in [-0.4, -0.2) is 20.9 Å². The van der Waals surface area contributed by atoms with Crippen LogP contribution < -0.4 is 10.1 Å². The quantitative estimate of drug-likeness (QED) is 0.499. The van der Waals surface area contributed by atoms with E-state index in [2.05, 4.69) is 20.3 Å². The molecule has 4 rings (SSSR count). The minimum absolute atomic E-state index is 0.263. The first kappa shape index (κ1) is 18.7. The number of carbonyl (C=O) groups excluding carboxylic acids is 1. The van der Waals surface area contributed by atoms with E-state index in [0.29, 0.717) is 38.6 Å². The average Bonchev–Trinajstić information content (AvgIpc) is 3.12. The molecule has 0 aliphatic rings. The first-order chi connectivity index (χ1) is 14.1. The normalized spacial score (nSPS) is 10.6. The Bertz CT molecular complexity index is 1150. The summed E-state index contributed by atoms with van der Waals surface area (Å²) in [7, 11) is 0. The summed E-state index contributed by atoms with van der Waals surface area (Å²) in [5.41, 5.74) is 1.22. The van der Waals surface area contributed by atoms with Crippen LogP contribution in [0.5, 0.6) is 11.5 Å². The zero-order valence-electron chi connectivity index (χ0n) is 15.3. The van der Waals surface area contributed by atoms with Gasteiger partial charge in [-0.1, -0.05) is 6.07 Å². The second-order valence-corrected chi connectivity index (χ2v) is 7.04. The van der Waals surface area contributed by atoms with Gasteiger partial charge in [-0.2, -0.15) is 0 Å². The van der Waals surface area contributed by atoms with Crippen LogP contribution in [0.3, 0.4) is 0 Å². The number of thiazole rings is 1. The fourth-order valence-corrected chi connectivity index (χ4v) is 3.48. The summed E-state index contributed by atoms with van der Waals surface area (Å²) >= 11 is 1.24. The summed E-state index contributed by atoms with van der Waals surface area (Å²) in [6.45, 7) is 1.77. The molecule has 2 heterocycles. The maximum Gasteiger partial charge on any atom is 0.267 e. The number of ether oxygens (including phenoxy) is 1. The van der Waals surface area contributed by atoms with Gasteiger partial charge in [0, 0.05) is 24.1 Å². The summed E-state index contributed by atoms with van der Waals surface area (Å²) in [5, 5.41) is 3.43. The Kier molecular flexibility index (Phi) is 5.26. The number of nitrogens with zero attached hydrogens (tertiary/aromatic N) is 3. The van der Waals surface area contributed by atoms with Gasteiger partial charge in [-0.3, -0.25) is 4.79 Å². The van der Waals surface area contributed by atoms with Crippen molar-refractivity contribution >= 4 is 22.9 Å². The van der Waals surface area contributed by atoms with Crippen LogP contribution in [-0.2, 0) is 0 Å². The van der Waals surface area contributed by atoms with Crippen LogP contribution >= 0.6 is 11.3 Å². The lowest BCUT2D eigenvalue weighted by molar-refractivity contribution is 0.103. The molecule has 0 spiro atoms. The van der Waals surface area contributed by atoms with Crippen molar-refractivity contribution in [3.63, 3.8) is 0 Å². The smallest absolute Gasteiger partial charge is 0.267 e. The number of hydrogen-bond donors (Lipinski definition) is 1. The molecule has 0 saturated carbocycles. The van der Waals surface area contributed by atoms with E-state index in [-0.39, 0.29) is 11.7 Å². The molecule has 0 aliphatic carbocycles. The molecule has 4 aromatic rings. The van der Waals surface area contributed by atoms with Crippen molar-refractivity contribution in [2.75, 3.05) is 5.32 Å². The third-order valence-electron chi connectivity index (χ3n) is 3.90. The Balaban J connectivity index is 1.45. The van der Waals surface area contributed by atoms with Crippen molar-refractivity contribution in [2.45, 2.75) is 6.92 Å². The molecule has 0 bridgehead atoms. The Morgan fingerprint density at radius 1 is 1.03 bits per heavy atom. The van der Waals surface area contributed by atoms with E-state index >= 15 is 0 Å². The van der Waals surface area contributed by atoms with Gasteiger partial charge in [-0.15, -0.1) is 11.3 Å². The second kappa shape index (κ2) is 8.15. The molecule has 6 nitrogen and oxygen atoms in total. The maximum absolute atomic E-state index is 13.2. The van der Waals surface area contributed by atoms with Gasteiger partial charge in [0.15, 0.2) is 10.8 Å². The van der Waals surface area contributed by atoms with Gasteiger partial charge < -0.3 is 10.1 Å². The van der Waals surface area contributed by atoms with E-state index in [1.807, 2.05) is 0 Å². The predicted octanol–water partition coefficient (Wildman–Crippen LogP) is 5.09. The van der Waals surface area contributed by atoms with E-state index in [9.17, 15) is 9.18 Å². The summed E-state index contributed by atoms with van der Waals surface area (Å²) in [6, 6.07) is 14.4. The van der Waals surface area contributed by atoms with Crippen LogP contribution in [0.25, 0.3) is 10.8 Å². The van der Waals surface area contributed by atoms with Crippen LogP contribution in [0, 0.1) is 12.7 Å². The number of nitrogens with one attached hydrogen (secondary N) is 1. The SMILES string of the molecule is Cc1nc(-c2ncccn2)sc1C(=O)Nc1ccc(Oc2cccc(F)c2)cc1. The van der Waals surface area contributed by atoms with Crippen LogP contribution in [0.4, 0.5) is 10.1 Å². The minimum Gasteiger partial charge on any atom is -0.457 e. The number of aromatic nitrogens is 3. The van der Waals surface area contributed by atoms with E-state index in [1.165, 1.54) is 23.5 Å². The van der Waals surface area contributed by atoms with Crippen LogP contribution in [0.1, 0.15) is 15.4 Å². The Labute approximate surface area is 170 Å². The van der Waals surface area contributed by atoms with E-state index in [0.717, 1.165) is 0 Å². The minimum atomic E-state index is -0.369. The first-order valence-corrected chi connectivity index (χ1v) is 9.50. The average molecular weight is 406 g/mol. The number of carbonyl (C=O) groups is 1. The standard InChI is InChI=1S/C21H15FN4O2S/c1-13-18(29-21(25-13)19-23-10-3-11-24-19)20(27)26-15-6-8-16(9-7-15)28-17-5-2-4-14(22)12-17/h2-12H,1H3,(H,26,27). The molecule has 2 aromatic heterocycles.